The maximum atomic E-state index is 12.6. The Morgan fingerprint density at radius 2 is 1.28 bits per heavy atom. The maximum Gasteiger partial charge on any atom is 0.349 e. The second-order valence-corrected chi connectivity index (χ2v) is 22.9. The Labute approximate surface area is 219 Å². The molecule has 0 radical (unpaired) electrons. The molecule has 5 nitrogen and oxygen atoms in total. The molecule has 2 aromatic carbocycles. The first-order chi connectivity index (χ1) is 16.8. The number of hydrogen-bond donors (Lipinski definition) is 0. The molecule has 0 spiro atoms. The van der Waals surface area contributed by atoms with E-state index in [0.717, 1.165) is 16.7 Å². The van der Waals surface area contributed by atoms with Crippen molar-refractivity contribution in [1.29, 1.82) is 5.26 Å². The van der Waals surface area contributed by atoms with Crippen LogP contribution in [0.1, 0.15) is 11.1 Å². The summed E-state index contributed by atoms with van der Waals surface area (Å²) in [6.07, 6.45) is 5.07. The summed E-state index contributed by atoms with van der Waals surface area (Å²) in [6, 6.07) is 21.7. The fraction of sp³-hybridized carbons (Fsp3) is 0.286. The van der Waals surface area contributed by atoms with Gasteiger partial charge < -0.3 is 13.0 Å². The van der Waals surface area contributed by atoms with Gasteiger partial charge in [-0.25, -0.2) is 4.79 Å². The second-order valence-electron chi connectivity index (χ2n) is 10.5. The Morgan fingerprint density at radius 3 is 1.69 bits per heavy atom. The molecule has 190 valence electrons. The number of rotatable bonds is 11. The maximum absolute atomic E-state index is 12.6. The van der Waals surface area contributed by atoms with Gasteiger partial charge in [0.05, 0.1) is 0 Å². The molecule has 0 aromatic heterocycles. The van der Waals surface area contributed by atoms with E-state index in [1.807, 2.05) is 79.0 Å². The zero-order valence-electron chi connectivity index (χ0n) is 22.4. The van der Waals surface area contributed by atoms with Gasteiger partial charge >= 0.3 is 14.5 Å². The van der Waals surface area contributed by atoms with Crippen LogP contribution in [0.15, 0.2) is 90.2 Å². The van der Waals surface area contributed by atoms with Crippen LogP contribution in [-0.2, 0) is 17.8 Å². The summed E-state index contributed by atoms with van der Waals surface area (Å²) in [4.78, 5) is 12.6. The summed E-state index contributed by atoms with van der Waals surface area (Å²) >= 11 is 0. The molecule has 0 aliphatic heterocycles. The predicted octanol–water partition coefficient (Wildman–Crippen LogP) is 6.98. The molecule has 0 unspecified atom stereocenters. The van der Waals surface area contributed by atoms with Gasteiger partial charge in [-0.05, 0) is 74.3 Å². The van der Waals surface area contributed by atoms with Crippen molar-refractivity contribution in [3.8, 4) is 6.07 Å². The number of benzene rings is 2. The first kappa shape index (κ1) is 29.4. The van der Waals surface area contributed by atoms with Crippen LogP contribution in [0.2, 0.25) is 45.8 Å². The lowest BCUT2D eigenvalue weighted by Gasteiger charge is -2.36. The third-order valence-electron chi connectivity index (χ3n) is 4.68. The average molecular weight is 536 g/mol. The van der Waals surface area contributed by atoms with Gasteiger partial charge in [0.2, 0.25) is 0 Å². The Kier molecular flexibility index (Phi) is 10.6. The van der Waals surface area contributed by atoms with Crippen LogP contribution in [-0.4, -0.2) is 37.8 Å². The molecule has 0 saturated carbocycles. The van der Waals surface area contributed by atoms with Gasteiger partial charge in [-0.15, -0.1) is 0 Å². The van der Waals surface area contributed by atoms with Crippen molar-refractivity contribution in [3.05, 3.63) is 101 Å². The van der Waals surface area contributed by atoms with Crippen LogP contribution < -0.4 is 0 Å². The highest BCUT2D eigenvalue weighted by molar-refractivity contribution is 6.89. The molecule has 0 aliphatic carbocycles. The summed E-state index contributed by atoms with van der Waals surface area (Å²) in [5.41, 5.74) is 4.76. The van der Waals surface area contributed by atoms with Crippen molar-refractivity contribution >= 4 is 36.7 Å². The fourth-order valence-corrected chi connectivity index (χ4v) is 15.0. The lowest BCUT2D eigenvalue weighted by atomic mass is 9.97. The highest BCUT2D eigenvalue weighted by atomic mass is 28.5. The van der Waals surface area contributed by atoms with Crippen LogP contribution >= 0.6 is 0 Å². The number of ether oxygens (including phenoxy) is 1. The molecule has 0 N–H and O–H groups in total. The molecular weight excluding hydrogens is 499 g/mol. The molecule has 0 bridgehead atoms. The van der Waals surface area contributed by atoms with Gasteiger partial charge in [0.25, 0.3) is 0 Å². The molecule has 36 heavy (non-hydrogen) atoms. The van der Waals surface area contributed by atoms with Gasteiger partial charge in [-0.1, -0.05) is 72.8 Å². The number of nitriles is 1. The molecule has 8 heteroatoms. The number of allylic oxidation sites excluding steroid dienone is 2. The summed E-state index contributed by atoms with van der Waals surface area (Å²) in [6.45, 7) is 14.9. The topological polar surface area (TPSA) is 68.5 Å². The molecular formula is C28H37NO4Si3. The van der Waals surface area contributed by atoms with E-state index in [1.165, 1.54) is 6.08 Å². The SMILES string of the molecule is C[Si](C)(C)O[Si](C)(/C=C/COC(=O)/C(C#N)=C\C=C(c1ccccc1)c1ccccc1)O[Si](C)(C)C. The number of carbonyl (C=O) groups is 1. The standard InChI is InChI=1S/C28H37NO4Si3/c1-34(2,3)32-36(7,33-35(4,5)6)22-14-21-31-28(30)26(23-29)19-20-27(24-15-10-8-11-16-24)25-17-12-9-13-18-25/h8-20,22H,21H2,1-7H3/b22-14+,26-19-. The first-order valence-corrected chi connectivity index (χ1v) is 21.2. The van der Waals surface area contributed by atoms with Crippen LogP contribution in [0.25, 0.3) is 5.57 Å². The Hall–Kier alpha value is -2.81. The highest BCUT2D eigenvalue weighted by Gasteiger charge is 2.38. The van der Waals surface area contributed by atoms with Crippen LogP contribution in [0, 0.1) is 11.3 Å². The normalized spacial score (nSPS) is 12.8. The minimum absolute atomic E-state index is 0.0402. The molecule has 2 aromatic rings. The quantitative estimate of drug-likeness (QED) is 0.102. The largest absolute Gasteiger partial charge is 0.457 e. The van der Waals surface area contributed by atoms with E-state index in [0.29, 0.717) is 0 Å². The lowest BCUT2D eigenvalue weighted by molar-refractivity contribution is -0.137. The highest BCUT2D eigenvalue weighted by Crippen LogP contribution is 2.24. The minimum Gasteiger partial charge on any atom is -0.457 e. The van der Waals surface area contributed by atoms with Crippen molar-refractivity contribution in [3.63, 3.8) is 0 Å². The van der Waals surface area contributed by atoms with Crippen molar-refractivity contribution in [1.82, 2.24) is 0 Å². The van der Waals surface area contributed by atoms with Crippen LogP contribution in [0.3, 0.4) is 0 Å². The van der Waals surface area contributed by atoms with Crippen molar-refractivity contribution in [2.45, 2.75) is 45.8 Å². The van der Waals surface area contributed by atoms with Gasteiger partial charge in [-0.3, -0.25) is 0 Å². The lowest BCUT2D eigenvalue weighted by Crippen LogP contribution is -2.51. The Bertz CT molecular complexity index is 1080. The number of nitrogens with zero attached hydrogens (tertiary/aromatic N) is 1. The monoisotopic (exact) mass is 535 g/mol. The average Bonchev–Trinajstić information content (AvgIpc) is 2.78. The summed E-state index contributed by atoms with van der Waals surface area (Å²) in [5.74, 6) is -0.667. The van der Waals surface area contributed by atoms with Crippen LogP contribution in [0.4, 0.5) is 0 Å². The Morgan fingerprint density at radius 1 is 0.806 bits per heavy atom. The zero-order chi connectivity index (χ0) is 26.8. The number of esters is 1. The Balaban J connectivity index is 2.18. The second kappa shape index (κ2) is 12.9. The number of hydrogen-bond acceptors (Lipinski definition) is 5. The molecule has 0 aliphatic rings. The molecule has 0 fully saturated rings. The summed E-state index contributed by atoms with van der Waals surface area (Å²) in [5, 5.41) is 9.60. The van der Waals surface area contributed by atoms with E-state index in [2.05, 4.69) is 39.3 Å². The van der Waals surface area contributed by atoms with Crippen molar-refractivity contribution in [2.75, 3.05) is 6.61 Å². The van der Waals surface area contributed by atoms with E-state index in [1.54, 1.807) is 12.2 Å². The zero-order valence-corrected chi connectivity index (χ0v) is 25.4. The molecule has 0 atom stereocenters. The molecule has 2 rings (SSSR count). The van der Waals surface area contributed by atoms with Gasteiger partial charge in [0, 0.05) is 0 Å². The summed E-state index contributed by atoms with van der Waals surface area (Å²) in [7, 11) is -6.24. The first-order valence-electron chi connectivity index (χ1n) is 12.0. The summed E-state index contributed by atoms with van der Waals surface area (Å²) < 4.78 is 18.2. The van der Waals surface area contributed by atoms with E-state index in [-0.39, 0.29) is 12.2 Å². The molecule has 0 heterocycles. The predicted molar refractivity (Wildman–Crippen MR) is 154 cm³/mol. The third kappa shape index (κ3) is 10.4. The van der Waals surface area contributed by atoms with Gasteiger partial charge in [-0.2, -0.15) is 5.26 Å². The number of carbonyl (C=O) groups excluding carboxylic acids is 1. The van der Waals surface area contributed by atoms with Gasteiger partial charge in [0.1, 0.15) is 18.2 Å². The van der Waals surface area contributed by atoms with Crippen molar-refractivity contribution < 1.29 is 17.8 Å². The van der Waals surface area contributed by atoms with Gasteiger partial charge in [0.15, 0.2) is 16.6 Å². The van der Waals surface area contributed by atoms with E-state index < -0.39 is 31.2 Å². The van der Waals surface area contributed by atoms with Crippen molar-refractivity contribution in [2.24, 2.45) is 0 Å². The smallest absolute Gasteiger partial charge is 0.349 e. The molecule has 0 amide bonds. The minimum atomic E-state index is -2.57. The van der Waals surface area contributed by atoms with E-state index >= 15 is 0 Å². The fourth-order valence-electron chi connectivity index (χ4n) is 3.68. The van der Waals surface area contributed by atoms with E-state index in [9.17, 15) is 10.1 Å². The van der Waals surface area contributed by atoms with E-state index in [4.69, 9.17) is 13.0 Å². The third-order valence-corrected chi connectivity index (χ3v) is 13.7. The van der Waals surface area contributed by atoms with Crippen LogP contribution in [0.5, 0.6) is 0 Å². The molecule has 0 saturated heterocycles.